The summed E-state index contributed by atoms with van der Waals surface area (Å²) in [6.07, 6.45) is 4.48. The van der Waals surface area contributed by atoms with Gasteiger partial charge in [0.25, 0.3) is 0 Å². The van der Waals surface area contributed by atoms with E-state index in [1.807, 2.05) is 25.1 Å². The molecule has 0 saturated heterocycles. The summed E-state index contributed by atoms with van der Waals surface area (Å²) in [5.74, 6) is 2.33. The van der Waals surface area contributed by atoms with Gasteiger partial charge in [-0.05, 0) is 24.6 Å². The van der Waals surface area contributed by atoms with Crippen molar-refractivity contribution in [2.75, 3.05) is 25.7 Å². The smallest absolute Gasteiger partial charge is 0.222 e. The van der Waals surface area contributed by atoms with Crippen molar-refractivity contribution in [2.24, 2.45) is 0 Å². The number of rotatable bonds is 4. The summed E-state index contributed by atoms with van der Waals surface area (Å²) in [4.78, 5) is 8.14. The molecular weight excluding hydrogens is 308 g/mol. The Bertz CT molecular complexity index is 785. The van der Waals surface area contributed by atoms with Gasteiger partial charge in [0.1, 0.15) is 11.9 Å². The first-order valence-corrected chi connectivity index (χ1v) is 7.53. The first-order chi connectivity index (χ1) is 11.5. The second-order valence-corrected chi connectivity index (χ2v) is 5.52. The van der Waals surface area contributed by atoms with Crippen molar-refractivity contribution in [1.29, 1.82) is 0 Å². The molecule has 7 heteroatoms. The summed E-state index contributed by atoms with van der Waals surface area (Å²) in [6.45, 7) is 1.96. The summed E-state index contributed by atoms with van der Waals surface area (Å²) in [5, 5.41) is 0. The van der Waals surface area contributed by atoms with Crippen LogP contribution in [-0.4, -0.2) is 30.3 Å². The van der Waals surface area contributed by atoms with Crippen LogP contribution in [0, 0.1) is 0 Å². The van der Waals surface area contributed by atoms with E-state index < -0.39 is 0 Å². The van der Waals surface area contributed by atoms with Crippen LogP contribution < -0.4 is 25.7 Å². The molecular formula is C17H20N4O3. The number of nitrogens with zero attached hydrogens (tertiary/aromatic N) is 2. The highest BCUT2D eigenvalue weighted by atomic mass is 16.5. The SMILES string of the molecule is COc1cc(Cc2cc(N)nc(N)n2)c2c(c1OC)OC(C)C=C2. The van der Waals surface area contributed by atoms with Crippen LogP contribution in [0.2, 0.25) is 0 Å². The number of anilines is 2. The lowest BCUT2D eigenvalue weighted by Crippen LogP contribution is -2.15. The van der Waals surface area contributed by atoms with Crippen molar-refractivity contribution >= 4 is 17.8 Å². The highest BCUT2D eigenvalue weighted by molar-refractivity contribution is 5.72. The Morgan fingerprint density at radius 1 is 1.17 bits per heavy atom. The maximum atomic E-state index is 5.95. The van der Waals surface area contributed by atoms with E-state index in [2.05, 4.69) is 9.97 Å². The molecule has 0 amide bonds. The minimum absolute atomic E-state index is 0.0447. The van der Waals surface area contributed by atoms with Gasteiger partial charge < -0.3 is 25.7 Å². The second kappa shape index (κ2) is 6.27. The molecule has 126 valence electrons. The molecule has 3 rings (SSSR count). The topological polar surface area (TPSA) is 106 Å². The van der Waals surface area contributed by atoms with E-state index in [1.165, 1.54) is 0 Å². The molecule has 1 aliphatic heterocycles. The van der Waals surface area contributed by atoms with E-state index >= 15 is 0 Å². The van der Waals surface area contributed by atoms with E-state index in [4.69, 9.17) is 25.7 Å². The zero-order valence-corrected chi connectivity index (χ0v) is 13.9. The molecule has 1 aliphatic rings. The fourth-order valence-electron chi connectivity index (χ4n) is 2.75. The van der Waals surface area contributed by atoms with Gasteiger partial charge >= 0.3 is 0 Å². The van der Waals surface area contributed by atoms with Gasteiger partial charge in [-0.1, -0.05) is 6.08 Å². The molecule has 0 fully saturated rings. The van der Waals surface area contributed by atoms with Gasteiger partial charge in [0.15, 0.2) is 11.5 Å². The lowest BCUT2D eigenvalue weighted by atomic mass is 9.98. The Kier molecular flexibility index (Phi) is 4.16. The van der Waals surface area contributed by atoms with Crippen molar-refractivity contribution in [3.05, 3.63) is 35.0 Å². The molecule has 2 heterocycles. The largest absolute Gasteiger partial charge is 0.493 e. The third-order valence-electron chi connectivity index (χ3n) is 3.78. The zero-order valence-electron chi connectivity index (χ0n) is 13.9. The van der Waals surface area contributed by atoms with Crippen molar-refractivity contribution in [2.45, 2.75) is 19.4 Å². The predicted octanol–water partition coefficient (Wildman–Crippen LogP) is 2.04. The maximum Gasteiger partial charge on any atom is 0.222 e. The Balaban J connectivity index is 2.11. The number of aromatic nitrogens is 2. The van der Waals surface area contributed by atoms with Crippen LogP contribution in [-0.2, 0) is 6.42 Å². The fourth-order valence-corrected chi connectivity index (χ4v) is 2.75. The molecule has 7 nitrogen and oxygen atoms in total. The zero-order chi connectivity index (χ0) is 17.3. The summed E-state index contributed by atoms with van der Waals surface area (Å²) in [6, 6.07) is 3.62. The predicted molar refractivity (Wildman–Crippen MR) is 92.3 cm³/mol. The molecule has 1 aromatic heterocycles. The van der Waals surface area contributed by atoms with Crippen molar-refractivity contribution < 1.29 is 14.2 Å². The maximum absolute atomic E-state index is 5.95. The highest BCUT2D eigenvalue weighted by Crippen LogP contribution is 2.45. The normalized spacial score (nSPS) is 15.5. The van der Waals surface area contributed by atoms with E-state index in [0.29, 0.717) is 29.5 Å². The van der Waals surface area contributed by atoms with Crippen molar-refractivity contribution in [3.8, 4) is 17.2 Å². The Labute approximate surface area is 140 Å². The average molecular weight is 328 g/mol. The lowest BCUT2D eigenvalue weighted by Gasteiger charge is -2.24. The van der Waals surface area contributed by atoms with Crippen LogP contribution in [0.5, 0.6) is 17.2 Å². The third-order valence-corrected chi connectivity index (χ3v) is 3.78. The van der Waals surface area contributed by atoms with Gasteiger partial charge in [0, 0.05) is 18.1 Å². The van der Waals surface area contributed by atoms with Crippen LogP contribution in [0.4, 0.5) is 11.8 Å². The molecule has 4 N–H and O–H groups in total. The Morgan fingerprint density at radius 3 is 2.62 bits per heavy atom. The van der Waals surface area contributed by atoms with Gasteiger partial charge in [-0.3, -0.25) is 0 Å². The van der Waals surface area contributed by atoms with Crippen LogP contribution in [0.15, 0.2) is 18.2 Å². The monoisotopic (exact) mass is 328 g/mol. The summed E-state index contributed by atoms with van der Waals surface area (Å²) in [7, 11) is 3.19. The van der Waals surface area contributed by atoms with Crippen molar-refractivity contribution in [3.63, 3.8) is 0 Å². The number of nitrogens with two attached hydrogens (primary N) is 2. The van der Waals surface area contributed by atoms with E-state index in [0.717, 1.165) is 16.8 Å². The summed E-state index contributed by atoms with van der Waals surface area (Å²) >= 11 is 0. The minimum Gasteiger partial charge on any atom is -0.493 e. The number of methoxy groups -OCH3 is 2. The summed E-state index contributed by atoms with van der Waals surface area (Å²) in [5.41, 5.74) is 14.1. The second-order valence-electron chi connectivity index (χ2n) is 5.52. The molecule has 2 aromatic rings. The molecule has 0 saturated carbocycles. The lowest BCUT2D eigenvalue weighted by molar-refractivity contribution is 0.245. The number of benzene rings is 1. The quantitative estimate of drug-likeness (QED) is 0.884. The van der Waals surface area contributed by atoms with Gasteiger partial charge in [0.05, 0.1) is 19.9 Å². The minimum atomic E-state index is -0.0447. The molecule has 0 aliphatic carbocycles. The van der Waals surface area contributed by atoms with E-state index in [1.54, 1.807) is 20.3 Å². The van der Waals surface area contributed by atoms with Gasteiger partial charge in [0.2, 0.25) is 11.7 Å². The van der Waals surface area contributed by atoms with Crippen LogP contribution in [0.25, 0.3) is 6.08 Å². The van der Waals surface area contributed by atoms with Gasteiger partial charge in [-0.15, -0.1) is 0 Å². The number of hydrogen-bond donors (Lipinski definition) is 2. The standard InChI is InChI=1S/C17H20N4O3/c1-9-4-5-12-10(6-11-8-14(18)21-17(19)20-11)7-13(22-2)16(23-3)15(12)24-9/h4-5,7-9H,6H2,1-3H3,(H4,18,19,20,21). The Hall–Kier alpha value is -2.96. The fraction of sp³-hybridized carbons (Fsp3) is 0.294. The molecule has 1 aromatic carbocycles. The van der Waals surface area contributed by atoms with Crippen LogP contribution in [0.3, 0.4) is 0 Å². The number of hydrogen-bond acceptors (Lipinski definition) is 7. The van der Waals surface area contributed by atoms with Gasteiger partial charge in [-0.2, -0.15) is 4.98 Å². The highest BCUT2D eigenvalue weighted by Gasteiger charge is 2.24. The van der Waals surface area contributed by atoms with Gasteiger partial charge in [-0.25, -0.2) is 4.98 Å². The number of nitrogen functional groups attached to an aromatic ring is 2. The van der Waals surface area contributed by atoms with Crippen LogP contribution in [0.1, 0.15) is 23.7 Å². The van der Waals surface area contributed by atoms with Crippen LogP contribution >= 0.6 is 0 Å². The number of fused-ring (bicyclic) bond motifs is 1. The summed E-state index contributed by atoms with van der Waals surface area (Å²) < 4.78 is 16.9. The molecule has 0 radical (unpaired) electrons. The molecule has 0 bridgehead atoms. The van der Waals surface area contributed by atoms with E-state index in [9.17, 15) is 0 Å². The molecule has 24 heavy (non-hydrogen) atoms. The van der Waals surface area contributed by atoms with Crippen molar-refractivity contribution in [1.82, 2.24) is 9.97 Å². The van der Waals surface area contributed by atoms with E-state index in [-0.39, 0.29) is 12.1 Å². The average Bonchev–Trinajstić information content (AvgIpc) is 2.53. The molecule has 1 atom stereocenters. The molecule has 0 spiro atoms. The first-order valence-electron chi connectivity index (χ1n) is 7.53. The first kappa shape index (κ1) is 15.9. The third kappa shape index (κ3) is 2.92. The number of ether oxygens (including phenoxy) is 3. The Morgan fingerprint density at radius 2 is 1.96 bits per heavy atom. The molecule has 1 unspecified atom stereocenters.